The molecular weight excluding hydrogens is 694 g/mol. The second-order valence-corrected chi connectivity index (χ2v) is 13.9. The molecule has 3 amide bonds. The highest BCUT2D eigenvalue weighted by Gasteiger charge is 2.57. The Bertz CT molecular complexity index is 1540. The lowest BCUT2D eigenvalue weighted by atomic mass is 9.89. The number of fused-ring (bicyclic) bond motifs is 1. The number of amides is 3. The predicted molar refractivity (Wildman–Crippen MR) is 160 cm³/mol. The molecule has 3 aromatic rings. The fourth-order valence-electron chi connectivity index (χ4n) is 4.06. The van der Waals surface area contributed by atoms with Crippen LogP contribution < -0.4 is 10.6 Å². The monoisotopic (exact) mass is 713 g/mol. The molecule has 42 heavy (non-hydrogen) atoms. The van der Waals surface area contributed by atoms with E-state index in [-0.39, 0.29) is 46.9 Å². The minimum atomic E-state index is -1.19. The van der Waals surface area contributed by atoms with Crippen molar-refractivity contribution in [3.05, 3.63) is 44.8 Å². The molecule has 0 saturated carbocycles. The van der Waals surface area contributed by atoms with Gasteiger partial charge in [0.15, 0.2) is 15.2 Å². The van der Waals surface area contributed by atoms with Crippen LogP contribution in [0.25, 0.3) is 0 Å². The van der Waals surface area contributed by atoms with Crippen LogP contribution >= 0.6 is 62.1 Å². The lowest BCUT2D eigenvalue weighted by molar-refractivity contribution is -0.157. The molecular formula is C23H20BrN7O7S4. The van der Waals surface area contributed by atoms with Gasteiger partial charge < -0.3 is 30.6 Å². The quantitative estimate of drug-likeness (QED) is 0.0703. The summed E-state index contributed by atoms with van der Waals surface area (Å²) in [5.41, 5.74) is 0.834. The van der Waals surface area contributed by atoms with E-state index in [9.17, 15) is 29.4 Å². The number of carboxylic acid groups (broad SMARTS) is 1. The molecule has 2 fully saturated rings. The number of β-lactam (4-membered cyclic amide) rings is 1. The van der Waals surface area contributed by atoms with E-state index in [4.69, 9.17) is 4.84 Å². The fraction of sp³-hybridized carbons (Fsp3) is 0.304. The van der Waals surface area contributed by atoms with E-state index in [1.54, 1.807) is 17.6 Å². The number of nitrogens with one attached hydrogen (secondary N) is 2. The molecule has 0 bridgehead atoms. The summed E-state index contributed by atoms with van der Waals surface area (Å²) < 4.78 is 1.14. The summed E-state index contributed by atoms with van der Waals surface area (Å²) in [5.74, 6) is -1.73. The first kappa shape index (κ1) is 30.2. The van der Waals surface area contributed by atoms with E-state index in [1.807, 2.05) is 0 Å². The van der Waals surface area contributed by atoms with E-state index in [0.717, 1.165) is 11.3 Å². The molecule has 4 heterocycles. The Morgan fingerprint density at radius 2 is 2.19 bits per heavy atom. The van der Waals surface area contributed by atoms with Gasteiger partial charge in [-0.1, -0.05) is 34.3 Å². The van der Waals surface area contributed by atoms with E-state index in [0.29, 0.717) is 20.8 Å². The summed E-state index contributed by atoms with van der Waals surface area (Å²) in [7, 11) is 0. The van der Waals surface area contributed by atoms with E-state index in [1.165, 1.54) is 51.2 Å². The highest BCUT2D eigenvalue weighted by Crippen LogP contribution is 2.44. The van der Waals surface area contributed by atoms with Gasteiger partial charge in [0, 0.05) is 23.4 Å². The second-order valence-electron chi connectivity index (χ2n) is 9.00. The number of aromatic nitrogens is 3. The van der Waals surface area contributed by atoms with Gasteiger partial charge in [-0.25, -0.2) is 4.98 Å². The fourth-order valence-corrected chi connectivity index (χ4v) is 8.32. The third-order valence-electron chi connectivity index (χ3n) is 6.24. The van der Waals surface area contributed by atoms with Crippen molar-refractivity contribution in [2.45, 2.75) is 22.4 Å². The first-order valence-corrected chi connectivity index (χ1v) is 16.5. The molecule has 220 valence electrons. The number of nitrogens with zero attached hydrogens (tertiary/aromatic N) is 5. The van der Waals surface area contributed by atoms with Gasteiger partial charge in [-0.3, -0.25) is 19.2 Å². The van der Waals surface area contributed by atoms with Crippen LogP contribution in [-0.4, -0.2) is 89.7 Å². The highest BCUT2D eigenvalue weighted by molar-refractivity contribution is 9.10. The molecule has 3 atom stereocenters. The molecule has 2 aliphatic heterocycles. The number of carbonyl (C=O) groups excluding carboxylic acids is 3. The number of phenols is 1. The molecule has 2 saturated heterocycles. The van der Waals surface area contributed by atoms with Gasteiger partial charge >= 0.3 is 5.97 Å². The van der Waals surface area contributed by atoms with Gasteiger partial charge in [0.25, 0.3) is 5.91 Å². The molecule has 0 radical (unpaired) electrons. The van der Waals surface area contributed by atoms with Crippen LogP contribution in [0.3, 0.4) is 0 Å². The topological polar surface area (TPSA) is 196 Å². The first-order chi connectivity index (χ1) is 20.2. The Kier molecular flexibility index (Phi) is 9.31. The molecule has 2 aliphatic rings. The zero-order valence-corrected chi connectivity index (χ0v) is 26.0. The number of aliphatic carboxylic acids is 1. The maximum absolute atomic E-state index is 13.4. The van der Waals surface area contributed by atoms with Crippen molar-refractivity contribution in [2.24, 2.45) is 10.6 Å². The number of thiazole rings is 1. The van der Waals surface area contributed by atoms with Crippen molar-refractivity contribution in [1.82, 2.24) is 25.4 Å². The van der Waals surface area contributed by atoms with E-state index in [2.05, 4.69) is 46.9 Å². The predicted octanol–water partition coefficient (Wildman–Crippen LogP) is 2.22. The van der Waals surface area contributed by atoms with Crippen molar-refractivity contribution in [2.75, 3.05) is 23.4 Å². The van der Waals surface area contributed by atoms with Gasteiger partial charge in [-0.15, -0.1) is 33.3 Å². The SMILES string of the molecule is O=CNc1nc(C(=NOCc2ccc(Br)c(O)c2)C(=O)NC2C(=O)N3CC(CSc4nncs4)(C(=O)O)CS[C@H]23)cs1. The third kappa shape index (κ3) is 6.38. The maximum Gasteiger partial charge on any atom is 0.313 e. The van der Waals surface area contributed by atoms with Crippen LogP contribution in [0.5, 0.6) is 5.75 Å². The van der Waals surface area contributed by atoms with Crippen LogP contribution in [0.15, 0.2) is 43.1 Å². The van der Waals surface area contributed by atoms with E-state index >= 15 is 0 Å². The number of hydrogen-bond donors (Lipinski definition) is 4. The number of carbonyl (C=O) groups is 4. The highest BCUT2D eigenvalue weighted by atomic mass is 79.9. The Hall–Kier alpha value is -3.26. The first-order valence-electron chi connectivity index (χ1n) is 11.9. The van der Waals surface area contributed by atoms with Crippen molar-refractivity contribution < 1.29 is 34.2 Å². The summed E-state index contributed by atoms with van der Waals surface area (Å²) in [4.78, 5) is 60.6. The summed E-state index contributed by atoms with van der Waals surface area (Å²) in [6.45, 7) is -0.0872. The summed E-state index contributed by atoms with van der Waals surface area (Å²) >= 11 is 8.13. The minimum absolute atomic E-state index is 0.00543. The lowest BCUT2D eigenvalue weighted by Crippen LogP contribution is -2.74. The van der Waals surface area contributed by atoms with Crippen LogP contribution in [0.2, 0.25) is 0 Å². The third-order valence-corrected chi connectivity index (χ3v) is 11.4. The number of anilines is 1. The number of carboxylic acids is 1. The molecule has 1 aromatic carbocycles. The Morgan fingerprint density at radius 3 is 2.90 bits per heavy atom. The normalized spacial score (nSPS) is 21.7. The number of thioether (sulfide) groups is 2. The number of halogens is 1. The average molecular weight is 715 g/mol. The van der Waals surface area contributed by atoms with Gasteiger partial charge in [0.2, 0.25) is 12.3 Å². The average Bonchev–Trinajstić information content (AvgIpc) is 3.67. The van der Waals surface area contributed by atoms with Crippen molar-refractivity contribution >= 4 is 97.2 Å². The largest absolute Gasteiger partial charge is 0.507 e. The van der Waals surface area contributed by atoms with Crippen LogP contribution in [0, 0.1) is 5.41 Å². The number of oxime groups is 1. The molecule has 2 unspecified atom stereocenters. The van der Waals surface area contributed by atoms with Crippen LogP contribution in [0.1, 0.15) is 11.3 Å². The van der Waals surface area contributed by atoms with Crippen LogP contribution in [0.4, 0.5) is 5.13 Å². The second kappa shape index (κ2) is 12.9. The Balaban J connectivity index is 1.27. The Morgan fingerprint density at radius 1 is 1.36 bits per heavy atom. The van der Waals surface area contributed by atoms with Gasteiger partial charge in [0.05, 0.1) is 4.47 Å². The van der Waals surface area contributed by atoms with Gasteiger partial charge in [-0.2, -0.15) is 0 Å². The summed E-state index contributed by atoms with van der Waals surface area (Å²) in [6, 6.07) is 3.89. The molecule has 5 rings (SSSR count). The Labute approximate surface area is 262 Å². The molecule has 14 nitrogen and oxygen atoms in total. The molecule has 19 heteroatoms. The molecule has 0 aliphatic carbocycles. The summed E-state index contributed by atoms with van der Waals surface area (Å²) in [5, 5.41) is 37.9. The van der Waals surface area contributed by atoms with Gasteiger partial charge in [-0.05, 0) is 33.6 Å². The standard InChI is InChI=1S/C23H20BrN7O7S4/c24-12-2-1-11(3-14(12)33)4-38-30-15(13-5-39-21(27-13)25-9-32)17(34)28-16-18(35)31-6-23(20(36)37,7-40-19(16)31)8-41-22-29-26-10-42-22/h1-3,5,9-10,16,19,33H,4,6-8H2,(H,28,34)(H,36,37)(H,25,27,32)/t16?,19-,23?/m1/s1. The number of benzene rings is 1. The molecule has 2 aromatic heterocycles. The zero-order valence-electron chi connectivity index (χ0n) is 21.1. The van der Waals surface area contributed by atoms with Gasteiger partial charge in [0.1, 0.15) is 40.4 Å². The number of rotatable bonds is 12. The van der Waals surface area contributed by atoms with Crippen molar-refractivity contribution in [3.63, 3.8) is 0 Å². The van der Waals surface area contributed by atoms with Crippen molar-refractivity contribution in [1.29, 1.82) is 0 Å². The number of aromatic hydroxyl groups is 1. The minimum Gasteiger partial charge on any atom is -0.507 e. The maximum atomic E-state index is 13.4. The smallest absolute Gasteiger partial charge is 0.313 e. The zero-order chi connectivity index (χ0) is 29.9. The van der Waals surface area contributed by atoms with Crippen LogP contribution in [-0.2, 0) is 30.6 Å². The lowest BCUT2D eigenvalue weighted by Gasteiger charge is -2.53. The number of hydrogen-bond acceptors (Lipinski definition) is 14. The number of phenolic OH excluding ortho intramolecular Hbond substituents is 1. The van der Waals surface area contributed by atoms with Crippen molar-refractivity contribution in [3.8, 4) is 5.75 Å². The molecule has 4 N–H and O–H groups in total. The molecule has 0 spiro atoms. The summed E-state index contributed by atoms with van der Waals surface area (Å²) in [6.07, 6.45) is 0.446. The van der Waals surface area contributed by atoms with E-state index < -0.39 is 34.6 Å².